The number of hydrogen-bond donors (Lipinski definition) is 3. The summed E-state index contributed by atoms with van der Waals surface area (Å²) in [5.41, 5.74) is 8.54. The van der Waals surface area contributed by atoms with Crippen molar-refractivity contribution in [3.63, 3.8) is 0 Å². The normalized spacial score (nSPS) is 21.4. The number of nitrogens with zero attached hydrogens (tertiary/aromatic N) is 3. The molecule has 8 nitrogen and oxygen atoms in total. The topological polar surface area (TPSA) is 92.6 Å². The van der Waals surface area contributed by atoms with Crippen LogP contribution in [-0.2, 0) is 11.2 Å². The van der Waals surface area contributed by atoms with Gasteiger partial charge in [-0.3, -0.25) is 14.6 Å². The molecule has 3 heterocycles. The maximum Gasteiger partial charge on any atom is 0.220 e. The molecule has 1 aliphatic rings. The number of carbonyl (C=O) groups is 1. The van der Waals surface area contributed by atoms with E-state index in [0.717, 1.165) is 22.8 Å². The molecule has 0 saturated carbocycles. The molecular formula is C21H26N6O2. The van der Waals surface area contributed by atoms with E-state index in [9.17, 15) is 4.79 Å². The third-order valence-electron chi connectivity index (χ3n) is 5.49. The number of hydrogen-bond acceptors (Lipinski definition) is 6. The van der Waals surface area contributed by atoms with Crippen molar-refractivity contribution in [2.75, 3.05) is 13.7 Å². The van der Waals surface area contributed by atoms with Crippen molar-refractivity contribution in [3.8, 4) is 5.75 Å². The van der Waals surface area contributed by atoms with Crippen LogP contribution in [0.25, 0.3) is 5.65 Å². The fourth-order valence-electron chi connectivity index (χ4n) is 3.82. The number of benzene rings is 1. The van der Waals surface area contributed by atoms with Gasteiger partial charge in [-0.2, -0.15) is 0 Å². The highest BCUT2D eigenvalue weighted by Gasteiger charge is 2.35. The predicted octanol–water partition coefficient (Wildman–Crippen LogP) is 1.64. The zero-order chi connectivity index (χ0) is 20.2. The van der Waals surface area contributed by atoms with Gasteiger partial charge in [0.25, 0.3) is 0 Å². The zero-order valence-electron chi connectivity index (χ0n) is 16.6. The van der Waals surface area contributed by atoms with Crippen molar-refractivity contribution in [2.24, 2.45) is 5.92 Å². The molecule has 3 unspecified atom stereocenters. The van der Waals surface area contributed by atoms with E-state index in [4.69, 9.17) is 4.74 Å². The van der Waals surface area contributed by atoms with Gasteiger partial charge in [0, 0.05) is 37.5 Å². The second-order valence-corrected chi connectivity index (χ2v) is 7.34. The fraction of sp³-hybridized carbons (Fsp3) is 0.381. The number of carbonyl (C=O) groups excluding carboxylic acids is 1. The lowest BCUT2D eigenvalue weighted by molar-refractivity contribution is -0.122. The Balaban J connectivity index is 1.33. The molecule has 0 spiro atoms. The molecule has 4 rings (SSSR count). The number of fused-ring (bicyclic) bond motifs is 1. The SMILES string of the molecule is COc1ccc(C2NNC(C)C2CC(=O)NCCc2nnc3ccccn23)cc1. The monoisotopic (exact) mass is 394 g/mol. The molecule has 0 radical (unpaired) electrons. The zero-order valence-corrected chi connectivity index (χ0v) is 16.6. The molecule has 1 aromatic carbocycles. The van der Waals surface area contributed by atoms with Gasteiger partial charge in [0.15, 0.2) is 5.65 Å². The van der Waals surface area contributed by atoms with E-state index in [1.165, 1.54) is 0 Å². The van der Waals surface area contributed by atoms with Crippen LogP contribution >= 0.6 is 0 Å². The number of methoxy groups -OCH3 is 1. The quantitative estimate of drug-likeness (QED) is 0.564. The summed E-state index contributed by atoms with van der Waals surface area (Å²) >= 11 is 0. The third-order valence-corrected chi connectivity index (χ3v) is 5.49. The highest BCUT2D eigenvalue weighted by molar-refractivity contribution is 5.76. The number of aromatic nitrogens is 3. The molecule has 1 aliphatic heterocycles. The first-order valence-electron chi connectivity index (χ1n) is 9.86. The van der Waals surface area contributed by atoms with Gasteiger partial charge in [-0.25, -0.2) is 5.43 Å². The van der Waals surface area contributed by atoms with Gasteiger partial charge < -0.3 is 10.1 Å². The minimum absolute atomic E-state index is 0.0414. The number of nitrogens with one attached hydrogen (secondary N) is 3. The molecule has 3 atom stereocenters. The number of amides is 1. The summed E-state index contributed by atoms with van der Waals surface area (Å²) in [5, 5.41) is 11.4. The van der Waals surface area contributed by atoms with Crippen LogP contribution in [0.5, 0.6) is 5.75 Å². The maximum atomic E-state index is 12.6. The summed E-state index contributed by atoms with van der Waals surface area (Å²) in [6.07, 6.45) is 3.01. The van der Waals surface area contributed by atoms with Crippen molar-refractivity contribution >= 4 is 11.6 Å². The summed E-state index contributed by atoms with van der Waals surface area (Å²) in [6, 6.07) is 14.0. The van der Waals surface area contributed by atoms with E-state index in [1.54, 1.807) is 7.11 Å². The average molecular weight is 394 g/mol. The van der Waals surface area contributed by atoms with Crippen LogP contribution in [-0.4, -0.2) is 40.2 Å². The van der Waals surface area contributed by atoms with Crippen LogP contribution in [0.1, 0.15) is 30.8 Å². The van der Waals surface area contributed by atoms with Gasteiger partial charge in [-0.1, -0.05) is 18.2 Å². The molecule has 3 aromatic rings. The second kappa shape index (κ2) is 8.59. The standard InChI is InChI=1S/C21H26N6O2/c1-14-17(21(26-23-14)15-6-8-16(29-2)9-7-15)13-20(28)22-11-10-19-25-24-18-5-3-4-12-27(18)19/h3-9,12,14,17,21,23,26H,10-11,13H2,1-2H3,(H,22,28). The number of rotatable bonds is 7. The Kier molecular flexibility index (Phi) is 5.73. The van der Waals surface area contributed by atoms with Crippen LogP contribution in [0.15, 0.2) is 48.7 Å². The largest absolute Gasteiger partial charge is 0.497 e. The minimum atomic E-state index is 0.0414. The Morgan fingerprint density at radius 3 is 2.79 bits per heavy atom. The average Bonchev–Trinajstić information content (AvgIpc) is 3.32. The molecule has 8 heteroatoms. The number of pyridine rings is 1. The summed E-state index contributed by atoms with van der Waals surface area (Å²) in [7, 11) is 1.65. The van der Waals surface area contributed by atoms with Crippen molar-refractivity contribution in [3.05, 3.63) is 60.0 Å². The van der Waals surface area contributed by atoms with Gasteiger partial charge >= 0.3 is 0 Å². The highest BCUT2D eigenvalue weighted by Crippen LogP contribution is 2.32. The maximum absolute atomic E-state index is 12.6. The molecule has 1 saturated heterocycles. The van der Waals surface area contributed by atoms with Crippen LogP contribution in [0, 0.1) is 5.92 Å². The second-order valence-electron chi connectivity index (χ2n) is 7.34. The molecule has 2 aromatic heterocycles. The summed E-state index contributed by atoms with van der Waals surface area (Å²) < 4.78 is 7.18. The van der Waals surface area contributed by atoms with Gasteiger partial charge in [0.1, 0.15) is 11.6 Å². The lowest BCUT2D eigenvalue weighted by atomic mass is 9.87. The van der Waals surface area contributed by atoms with E-state index < -0.39 is 0 Å². The first-order chi connectivity index (χ1) is 14.2. The lowest BCUT2D eigenvalue weighted by Gasteiger charge is -2.21. The van der Waals surface area contributed by atoms with Crippen LogP contribution in [0.4, 0.5) is 0 Å². The molecule has 0 aliphatic carbocycles. The summed E-state index contributed by atoms with van der Waals surface area (Å²) in [4.78, 5) is 12.6. The Labute approximate surface area is 169 Å². The molecule has 152 valence electrons. The van der Waals surface area contributed by atoms with Crippen LogP contribution in [0.2, 0.25) is 0 Å². The molecule has 1 amide bonds. The first-order valence-corrected chi connectivity index (χ1v) is 9.86. The Morgan fingerprint density at radius 1 is 1.17 bits per heavy atom. The summed E-state index contributed by atoms with van der Waals surface area (Å²) in [5.74, 6) is 1.86. The van der Waals surface area contributed by atoms with Gasteiger partial charge in [-0.15, -0.1) is 10.2 Å². The van der Waals surface area contributed by atoms with Crippen LogP contribution in [0.3, 0.4) is 0 Å². The van der Waals surface area contributed by atoms with E-state index in [0.29, 0.717) is 19.4 Å². The Morgan fingerprint density at radius 2 is 2.00 bits per heavy atom. The first kappa shape index (κ1) is 19.4. The van der Waals surface area contributed by atoms with Crippen LogP contribution < -0.4 is 20.9 Å². The van der Waals surface area contributed by atoms with Crippen molar-refractivity contribution in [2.45, 2.75) is 31.8 Å². The van der Waals surface area contributed by atoms with Gasteiger partial charge in [0.2, 0.25) is 5.91 Å². The third kappa shape index (κ3) is 4.23. The lowest BCUT2D eigenvalue weighted by Crippen LogP contribution is -2.32. The fourth-order valence-corrected chi connectivity index (χ4v) is 3.82. The van der Waals surface area contributed by atoms with Crippen molar-refractivity contribution in [1.82, 2.24) is 30.8 Å². The summed E-state index contributed by atoms with van der Waals surface area (Å²) in [6.45, 7) is 2.63. The number of ether oxygens (including phenoxy) is 1. The van der Waals surface area contributed by atoms with Crippen molar-refractivity contribution in [1.29, 1.82) is 0 Å². The molecule has 1 fully saturated rings. The Hall–Kier alpha value is -2.97. The predicted molar refractivity (Wildman–Crippen MR) is 109 cm³/mol. The molecule has 29 heavy (non-hydrogen) atoms. The van der Waals surface area contributed by atoms with E-state index in [1.807, 2.05) is 53.1 Å². The Bertz CT molecular complexity index is 971. The number of hydrazine groups is 1. The highest BCUT2D eigenvalue weighted by atomic mass is 16.5. The molecular weight excluding hydrogens is 368 g/mol. The molecule has 0 bridgehead atoms. The smallest absolute Gasteiger partial charge is 0.220 e. The van der Waals surface area contributed by atoms with E-state index >= 15 is 0 Å². The molecule has 3 N–H and O–H groups in total. The van der Waals surface area contributed by atoms with E-state index in [-0.39, 0.29) is 23.9 Å². The minimum Gasteiger partial charge on any atom is -0.497 e. The van der Waals surface area contributed by atoms with Gasteiger partial charge in [-0.05, 0) is 36.8 Å². The van der Waals surface area contributed by atoms with Crippen molar-refractivity contribution < 1.29 is 9.53 Å². The van der Waals surface area contributed by atoms with Gasteiger partial charge in [0.05, 0.1) is 13.2 Å². The van der Waals surface area contributed by atoms with E-state index in [2.05, 4.69) is 33.3 Å².